The van der Waals surface area contributed by atoms with Crippen LogP contribution in [0.5, 0.6) is 0 Å². The van der Waals surface area contributed by atoms with Crippen molar-refractivity contribution in [2.24, 2.45) is 11.8 Å². The molecular formula is C38H49N2O2+. The van der Waals surface area contributed by atoms with Gasteiger partial charge in [0.15, 0.2) is 5.71 Å². The highest BCUT2D eigenvalue weighted by molar-refractivity contribution is 6.24. The molecule has 0 bridgehead atoms. The minimum Gasteiger partial charge on any atom is -0.506 e. The summed E-state index contributed by atoms with van der Waals surface area (Å²) in [6.45, 7) is 24.0. The van der Waals surface area contributed by atoms with Gasteiger partial charge in [-0.3, -0.25) is 4.79 Å². The quantitative estimate of drug-likeness (QED) is 0.257. The van der Waals surface area contributed by atoms with Crippen molar-refractivity contribution in [1.82, 2.24) is 0 Å². The zero-order valence-electron chi connectivity index (χ0n) is 27.4. The van der Waals surface area contributed by atoms with Crippen LogP contribution in [0.2, 0.25) is 0 Å². The van der Waals surface area contributed by atoms with Gasteiger partial charge in [-0.1, -0.05) is 77.9 Å². The third-order valence-electron chi connectivity index (χ3n) is 9.65. The lowest BCUT2D eigenvalue weighted by Crippen LogP contribution is -2.32. The van der Waals surface area contributed by atoms with Crippen LogP contribution in [-0.4, -0.2) is 34.3 Å². The molecular weight excluding hydrogens is 516 g/mol. The van der Waals surface area contributed by atoms with E-state index in [9.17, 15) is 9.90 Å². The summed E-state index contributed by atoms with van der Waals surface area (Å²) in [5, 5.41) is 11.4. The smallest absolute Gasteiger partial charge is 0.212 e. The Morgan fingerprint density at radius 3 is 2.10 bits per heavy atom. The SMILES string of the molecule is Cc1cccc2c1N(CCC(C)C)/C(=C\C1=C(O)C(=C\C3=[N+](CCC(C)C)c4c(C)cccc4C3(C)C)/C1=O)C2(C)C. The molecule has 1 aliphatic carbocycles. The van der Waals surface area contributed by atoms with Gasteiger partial charge in [0.1, 0.15) is 12.3 Å². The van der Waals surface area contributed by atoms with Crippen LogP contribution in [0.3, 0.4) is 0 Å². The molecule has 0 aromatic heterocycles. The maximum absolute atomic E-state index is 13.8. The number of rotatable bonds is 8. The predicted molar refractivity (Wildman–Crippen MR) is 175 cm³/mol. The molecule has 0 atom stereocenters. The number of benzene rings is 2. The van der Waals surface area contributed by atoms with E-state index in [1.165, 1.54) is 33.6 Å². The van der Waals surface area contributed by atoms with Crippen molar-refractivity contribution >= 4 is 22.9 Å². The van der Waals surface area contributed by atoms with E-state index in [1.807, 2.05) is 12.2 Å². The van der Waals surface area contributed by atoms with Crippen molar-refractivity contribution in [2.45, 2.75) is 92.9 Å². The van der Waals surface area contributed by atoms with Crippen LogP contribution >= 0.6 is 0 Å². The Bertz CT molecular complexity index is 1580. The summed E-state index contributed by atoms with van der Waals surface area (Å²) >= 11 is 0. The van der Waals surface area contributed by atoms with E-state index in [0.29, 0.717) is 23.0 Å². The molecule has 5 rings (SSSR count). The second-order valence-electron chi connectivity index (χ2n) is 14.4. The van der Waals surface area contributed by atoms with Crippen LogP contribution in [0.15, 0.2) is 71.2 Å². The normalized spacial score (nSPS) is 20.9. The van der Waals surface area contributed by atoms with Gasteiger partial charge in [-0.2, -0.15) is 4.58 Å². The molecule has 0 saturated carbocycles. The lowest BCUT2D eigenvalue weighted by molar-refractivity contribution is -0.439. The van der Waals surface area contributed by atoms with Gasteiger partial charge in [-0.05, 0) is 63.2 Å². The molecule has 2 aliphatic heterocycles. The molecule has 2 heterocycles. The second-order valence-corrected chi connectivity index (χ2v) is 14.4. The van der Waals surface area contributed by atoms with Gasteiger partial charge in [0.25, 0.3) is 0 Å². The second kappa shape index (κ2) is 10.7. The zero-order chi connectivity index (χ0) is 30.7. The van der Waals surface area contributed by atoms with Gasteiger partial charge in [0, 0.05) is 47.0 Å². The van der Waals surface area contributed by atoms with Crippen LogP contribution in [0.1, 0.15) is 90.5 Å². The van der Waals surface area contributed by atoms with E-state index < -0.39 is 0 Å². The van der Waals surface area contributed by atoms with Crippen molar-refractivity contribution in [3.63, 3.8) is 0 Å². The van der Waals surface area contributed by atoms with Gasteiger partial charge in [-0.15, -0.1) is 0 Å². The molecule has 0 unspecified atom stereocenters. The van der Waals surface area contributed by atoms with Crippen LogP contribution < -0.4 is 4.90 Å². The Hall–Kier alpha value is -3.40. The molecule has 0 fully saturated rings. The van der Waals surface area contributed by atoms with E-state index in [0.717, 1.165) is 37.3 Å². The molecule has 0 spiro atoms. The van der Waals surface area contributed by atoms with E-state index in [4.69, 9.17) is 0 Å². The van der Waals surface area contributed by atoms with Gasteiger partial charge >= 0.3 is 0 Å². The molecule has 3 aliphatic rings. The van der Waals surface area contributed by atoms with Gasteiger partial charge in [-0.25, -0.2) is 0 Å². The third kappa shape index (κ3) is 4.77. The van der Waals surface area contributed by atoms with Gasteiger partial charge < -0.3 is 10.0 Å². The zero-order valence-corrected chi connectivity index (χ0v) is 27.4. The topological polar surface area (TPSA) is 43.5 Å². The maximum atomic E-state index is 13.8. The summed E-state index contributed by atoms with van der Waals surface area (Å²) < 4.78 is 2.39. The molecule has 0 saturated heterocycles. The first-order chi connectivity index (χ1) is 19.7. The fourth-order valence-corrected chi connectivity index (χ4v) is 6.97. The summed E-state index contributed by atoms with van der Waals surface area (Å²) in [6, 6.07) is 13.0. The first-order valence-corrected chi connectivity index (χ1v) is 15.7. The molecule has 4 heteroatoms. The minimum absolute atomic E-state index is 0.0768. The Morgan fingerprint density at radius 2 is 1.48 bits per heavy atom. The Balaban J connectivity index is 1.60. The summed E-state index contributed by atoms with van der Waals surface area (Å²) in [7, 11) is 0. The largest absolute Gasteiger partial charge is 0.506 e. The van der Waals surface area contributed by atoms with Crippen molar-refractivity contribution in [2.75, 3.05) is 18.0 Å². The van der Waals surface area contributed by atoms with Crippen molar-refractivity contribution in [3.8, 4) is 0 Å². The highest BCUT2D eigenvalue weighted by Crippen LogP contribution is 2.50. The number of ketones is 1. The summed E-state index contributed by atoms with van der Waals surface area (Å²) in [6.07, 6.45) is 6.03. The van der Waals surface area contributed by atoms with Crippen molar-refractivity contribution < 1.29 is 14.5 Å². The average Bonchev–Trinajstić information content (AvgIpc) is 3.27. The number of hydrogen-bond acceptors (Lipinski definition) is 3. The van der Waals surface area contributed by atoms with Crippen LogP contribution in [0.4, 0.5) is 11.4 Å². The standard InChI is InChI=1S/C38H48N2O2/c1-23(2)17-19-39-31(37(7,8)29-15-11-13-25(5)33(29)39)21-27-35(41)28(36(27)42)22-32-38(9,10)30-16-12-14-26(6)34(30)40(32)20-18-24(3)4/h11-16,21-24H,17-20H2,1-10H3/p+1. The molecule has 0 amide bonds. The Morgan fingerprint density at radius 1 is 0.857 bits per heavy atom. The number of para-hydroxylation sites is 2. The van der Waals surface area contributed by atoms with E-state index in [1.54, 1.807) is 0 Å². The summed E-state index contributed by atoms with van der Waals surface area (Å²) in [5.41, 5.74) is 9.96. The summed E-state index contributed by atoms with van der Waals surface area (Å²) in [5.74, 6) is 1.16. The predicted octanol–water partition coefficient (Wildman–Crippen LogP) is 8.77. The molecule has 4 nitrogen and oxygen atoms in total. The fraction of sp³-hybridized carbons (Fsp3) is 0.474. The van der Waals surface area contributed by atoms with Gasteiger partial charge in [0.2, 0.25) is 11.5 Å². The van der Waals surface area contributed by atoms with Crippen LogP contribution in [0.25, 0.3) is 0 Å². The Labute approximate surface area is 253 Å². The van der Waals surface area contributed by atoms with Crippen molar-refractivity contribution in [1.29, 1.82) is 0 Å². The van der Waals surface area contributed by atoms with Crippen molar-refractivity contribution in [3.05, 3.63) is 93.4 Å². The molecule has 1 N–H and O–H groups in total. The average molecular weight is 566 g/mol. The molecule has 42 heavy (non-hydrogen) atoms. The number of allylic oxidation sites excluding steroid dienone is 5. The molecule has 0 radical (unpaired) electrons. The number of anilines is 1. The number of aliphatic hydroxyl groups is 1. The first kappa shape index (κ1) is 30.1. The van der Waals surface area contributed by atoms with E-state index in [-0.39, 0.29) is 22.4 Å². The fourth-order valence-electron chi connectivity index (χ4n) is 6.97. The van der Waals surface area contributed by atoms with E-state index >= 15 is 0 Å². The van der Waals surface area contributed by atoms with Crippen LogP contribution in [0, 0.1) is 25.7 Å². The van der Waals surface area contributed by atoms with Crippen LogP contribution in [-0.2, 0) is 15.6 Å². The number of nitrogens with zero attached hydrogens (tertiary/aromatic N) is 2. The lowest BCUT2D eigenvalue weighted by Gasteiger charge is -2.30. The number of aryl methyl sites for hydroxylation is 2. The molecule has 2 aromatic rings. The number of aliphatic hydroxyl groups excluding tert-OH is 1. The number of hydrogen-bond donors (Lipinski definition) is 1. The number of carbonyl (C=O) groups is 1. The first-order valence-electron chi connectivity index (χ1n) is 15.7. The third-order valence-corrected chi connectivity index (χ3v) is 9.65. The number of Topliss-reactive ketones (excluding diaryl/α,β-unsaturated/α-hetero) is 1. The maximum Gasteiger partial charge on any atom is 0.212 e. The van der Waals surface area contributed by atoms with E-state index in [2.05, 4.69) is 115 Å². The number of carbonyl (C=O) groups excluding carboxylic acids is 1. The Kier molecular flexibility index (Phi) is 7.66. The lowest BCUT2D eigenvalue weighted by atomic mass is 9.77. The highest BCUT2D eigenvalue weighted by atomic mass is 16.3. The number of fused-ring (bicyclic) bond motifs is 2. The minimum atomic E-state index is -0.277. The monoisotopic (exact) mass is 565 g/mol. The highest BCUT2D eigenvalue weighted by Gasteiger charge is 2.48. The molecule has 222 valence electrons. The molecule has 2 aromatic carbocycles. The van der Waals surface area contributed by atoms with Gasteiger partial charge in [0.05, 0.1) is 16.6 Å². The summed E-state index contributed by atoms with van der Waals surface area (Å²) in [4.78, 5) is 16.2.